The maximum Gasteiger partial charge on any atom is 0.0451 e. The van der Waals surface area contributed by atoms with E-state index in [1.807, 2.05) is 0 Å². The summed E-state index contributed by atoms with van der Waals surface area (Å²) in [5.41, 5.74) is 7.21. The van der Waals surface area contributed by atoms with Crippen LogP contribution >= 0.6 is 0 Å². The van der Waals surface area contributed by atoms with Crippen LogP contribution in [0.25, 0.3) is 0 Å². The van der Waals surface area contributed by atoms with Gasteiger partial charge in [-0.3, -0.25) is 0 Å². The zero-order chi connectivity index (χ0) is 29.6. The van der Waals surface area contributed by atoms with E-state index < -0.39 is 43.6 Å². The average molecular weight is 603 g/mol. The van der Waals surface area contributed by atoms with Gasteiger partial charge in [-0.05, 0) is 0 Å². The SMILES string of the molecule is CC(C)[Si](C(C)C)([Si](C)(C)C)[Si](C(C)C)(C(C)C)[Si](C(C)C)(C(C)C)[Si](C(C)C)(C(C)C)[Si](C)(C)C. The molecule has 0 aliphatic heterocycles. The topological polar surface area (TPSA) is 0 Å². The number of hydrogen-bond donors (Lipinski definition) is 0. The molecule has 0 amide bonds. The first kappa shape index (κ1) is 37.3. The third kappa shape index (κ3) is 4.67. The fourth-order valence-corrected chi connectivity index (χ4v) is 223. The van der Waals surface area contributed by atoms with Gasteiger partial charge in [0.05, 0.1) is 0 Å². The lowest BCUT2D eigenvalue weighted by Crippen LogP contribution is -2.98. The smallest absolute Gasteiger partial charge is 0.0451 e. The number of rotatable bonds is 13. The Hall–Kier alpha value is 1.30. The molecule has 0 aromatic carbocycles. The van der Waals surface area contributed by atoms with E-state index in [4.69, 9.17) is 0 Å². The summed E-state index contributed by atoms with van der Waals surface area (Å²) >= 11 is 0. The second-order valence-electron chi connectivity index (χ2n) is 17.2. The lowest BCUT2D eigenvalue weighted by Gasteiger charge is -2.78. The van der Waals surface area contributed by atoms with Gasteiger partial charge in [0.25, 0.3) is 0 Å². The second kappa shape index (κ2) is 12.0. The molecule has 0 aromatic rings. The largest absolute Gasteiger partial charge is 0.0716 e. The molecule has 6 heteroatoms. The molecular formula is C30H74Si6. The molecule has 218 valence electrons. The highest BCUT2D eigenvalue weighted by molar-refractivity contribution is 7.99. The molecule has 0 nitrogen and oxygen atoms in total. The van der Waals surface area contributed by atoms with Crippen molar-refractivity contribution in [3.05, 3.63) is 0 Å². The molecule has 0 radical (unpaired) electrons. The van der Waals surface area contributed by atoms with Crippen molar-refractivity contribution in [2.45, 2.75) is 194 Å². The van der Waals surface area contributed by atoms with Crippen molar-refractivity contribution in [2.24, 2.45) is 0 Å². The van der Waals surface area contributed by atoms with Gasteiger partial charge in [0, 0.05) is 43.6 Å². The summed E-state index contributed by atoms with van der Waals surface area (Å²) in [5, 5.41) is 0. The summed E-state index contributed by atoms with van der Waals surface area (Å²) < 4.78 is 0. The Bertz CT molecular complexity index is 597. The van der Waals surface area contributed by atoms with Gasteiger partial charge < -0.3 is 0 Å². The van der Waals surface area contributed by atoms with Gasteiger partial charge in [-0.25, -0.2) is 0 Å². The van der Waals surface area contributed by atoms with Crippen LogP contribution in [0.15, 0.2) is 0 Å². The van der Waals surface area contributed by atoms with E-state index in [0.29, 0.717) is 0 Å². The molecule has 0 unspecified atom stereocenters. The Morgan fingerprint density at radius 2 is 0.333 bits per heavy atom. The molecule has 0 spiro atoms. The summed E-state index contributed by atoms with van der Waals surface area (Å²) in [6.45, 7) is 61.6. The molecule has 0 heterocycles. The van der Waals surface area contributed by atoms with Crippen molar-refractivity contribution in [3.8, 4) is 0 Å². The van der Waals surface area contributed by atoms with E-state index in [2.05, 4.69) is 150 Å². The van der Waals surface area contributed by atoms with Crippen LogP contribution in [-0.4, -0.2) is 43.6 Å². The van der Waals surface area contributed by atoms with Crippen LogP contribution in [0, 0.1) is 0 Å². The lowest BCUT2D eigenvalue weighted by atomic mass is 10.5. The Kier molecular flexibility index (Phi) is 12.5. The van der Waals surface area contributed by atoms with Crippen LogP contribution < -0.4 is 0 Å². The molecule has 0 saturated heterocycles. The molecule has 0 saturated carbocycles. The van der Waals surface area contributed by atoms with Gasteiger partial charge in [0.15, 0.2) is 0 Å². The zero-order valence-electron chi connectivity index (χ0n) is 29.6. The Balaban J connectivity index is 9.29. The Labute approximate surface area is 237 Å². The van der Waals surface area contributed by atoms with Crippen LogP contribution in [0.1, 0.15) is 111 Å². The zero-order valence-corrected chi connectivity index (χ0v) is 35.6. The molecule has 0 bridgehead atoms. The molecule has 0 aliphatic rings. The highest BCUT2D eigenvalue weighted by atomic mass is 30.0. The van der Waals surface area contributed by atoms with E-state index in [1.165, 1.54) is 0 Å². The first-order valence-electron chi connectivity index (χ1n) is 15.8. The number of hydrogen-bond acceptors (Lipinski definition) is 0. The van der Waals surface area contributed by atoms with Crippen molar-refractivity contribution < 1.29 is 0 Å². The van der Waals surface area contributed by atoms with Gasteiger partial charge in [-0.2, -0.15) is 0 Å². The third-order valence-corrected chi connectivity index (χ3v) is 133. The maximum absolute atomic E-state index is 2.87. The minimum Gasteiger partial charge on any atom is -0.0716 e. The van der Waals surface area contributed by atoms with Crippen molar-refractivity contribution in [2.75, 3.05) is 0 Å². The Morgan fingerprint density at radius 3 is 0.389 bits per heavy atom. The predicted octanol–water partition coefficient (Wildman–Crippen LogP) is 12.1. The van der Waals surface area contributed by atoms with Gasteiger partial charge in [0.1, 0.15) is 0 Å². The second-order valence-corrected chi connectivity index (χ2v) is 77.3. The summed E-state index contributed by atoms with van der Waals surface area (Å²) in [6, 6.07) is 0. The van der Waals surface area contributed by atoms with E-state index in [1.54, 1.807) is 0 Å². The highest BCUT2D eigenvalue weighted by Crippen LogP contribution is 2.67. The monoisotopic (exact) mass is 602 g/mol. The molecule has 0 aromatic heterocycles. The van der Waals surface area contributed by atoms with E-state index in [-0.39, 0.29) is 0 Å². The predicted molar refractivity (Wildman–Crippen MR) is 190 cm³/mol. The summed E-state index contributed by atoms with van der Waals surface area (Å²) in [7, 11) is -9.99. The van der Waals surface area contributed by atoms with Crippen molar-refractivity contribution in [1.82, 2.24) is 0 Å². The molecule has 0 atom stereocenters. The lowest BCUT2D eigenvalue weighted by molar-refractivity contribution is 0.855. The minimum absolute atomic E-state index is 0.901. The Morgan fingerprint density at radius 1 is 0.222 bits per heavy atom. The first-order valence-corrected chi connectivity index (χ1v) is 36.4. The highest BCUT2D eigenvalue weighted by Gasteiger charge is 2.81. The van der Waals surface area contributed by atoms with Crippen LogP contribution in [0.2, 0.25) is 83.6 Å². The molecule has 0 rings (SSSR count). The molecule has 0 fully saturated rings. The normalized spacial score (nSPS) is 15.8. The van der Waals surface area contributed by atoms with Gasteiger partial charge in [0.2, 0.25) is 0 Å². The van der Waals surface area contributed by atoms with Crippen LogP contribution in [0.3, 0.4) is 0 Å². The van der Waals surface area contributed by atoms with E-state index in [9.17, 15) is 0 Å². The average Bonchev–Trinajstić information content (AvgIpc) is 2.58. The molecular weight excluding hydrogens is 529 g/mol. The molecule has 36 heavy (non-hydrogen) atoms. The van der Waals surface area contributed by atoms with Crippen LogP contribution in [0.4, 0.5) is 0 Å². The summed E-state index contributed by atoms with van der Waals surface area (Å²) in [4.78, 5) is 0. The van der Waals surface area contributed by atoms with Gasteiger partial charge >= 0.3 is 0 Å². The first-order chi connectivity index (χ1) is 15.8. The van der Waals surface area contributed by atoms with E-state index in [0.717, 1.165) is 44.3 Å². The van der Waals surface area contributed by atoms with Crippen molar-refractivity contribution in [3.63, 3.8) is 0 Å². The summed E-state index contributed by atoms with van der Waals surface area (Å²) in [5.74, 6) is 0. The third-order valence-electron chi connectivity index (χ3n) is 11.8. The van der Waals surface area contributed by atoms with Crippen molar-refractivity contribution in [1.29, 1.82) is 0 Å². The standard InChI is InChI=1S/C30H74Si6/c1-23(2)33(24(3)4,31(17,18)19)35(27(9)10,28(11)12)36(29(13)14,30(15)16)34(25(5)6,26(7)8)32(20,21)22/h23-30H,1-22H3. The van der Waals surface area contributed by atoms with Crippen LogP contribution in [-0.2, 0) is 0 Å². The maximum atomic E-state index is 2.87. The fourth-order valence-electron chi connectivity index (χ4n) is 13.8. The fraction of sp³-hybridized carbons (Fsp3) is 1.00. The molecule has 0 N–H and O–H groups in total. The van der Waals surface area contributed by atoms with Crippen LogP contribution in [0.5, 0.6) is 0 Å². The summed E-state index contributed by atoms with van der Waals surface area (Å²) in [6.07, 6.45) is 0. The van der Waals surface area contributed by atoms with E-state index >= 15 is 0 Å². The van der Waals surface area contributed by atoms with Gasteiger partial charge in [-0.15, -0.1) is 0 Å². The molecule has 0 aliphatic carbocycles. The quantitative estimate of drug-likeness (QED) is 0.184. The van der Waals surface area contributed by atoms with Gasteiger partial charge in [-0.1, -0.05) is 194 Å². The van der Waals surface area contributed by atoms with Crippen molar-refractivity contribution >= 4 is 43.6 Å². The minimum atomic E-state index is -1.83.